The van der Waals surface area contributed by atoms with Crippen LogP contribution in [0.1, 0.15) is 12.5 Å². The van der Waals surface area contributed by atoms with Crippen molar-refractivity contribution in [1.29, 1.82) is 0 Å². The summed E-state index contributed by atoms with van der Waals surface area (Å²) in [7, 11) is -3.64. The summed E-state index contributed by atoms with van der Waals surface area (Å²) in [4.78, 5) is 13.2. The number of aliphatic imine (C=N–C) groups is 1. The van der Waals surface area contributed by atoms with Gasteiger partial charge in [0.1, 0.15) is 11.6 Å². The lowest BCUT2D eigenvalue weighted by atomic mass is 10.2. The van der Waals surface area contributed by atoms with Crippen molar-refractivity contribution in [3.8, 4) is 0 Å². The Morgan fingerprint density at radius 2 is 1.94 bits per heavy atom. The van der Waals surface area contributed by atoms with Gasteiger partial charge in [-0.05, 0) is 43.7 Å². The minimum absolute atomic E-state index is 0. The molecule has 2 aromatic rings. The van der Waals surface area contributed by atoms with Gasteiger partial charge in [-0.15, -0.1) is 24.0 Å². The van der Waals surface area contributed by atoms with Crippen molar-refractivity contribution >= 4 is 51.5 Å². The Morgan fingerprint density at radius 3 is 2.56 bits per heavy atom. The van der Waals surface area contributed by atoms with Crippen LogP contribution < -0.4 is 14.9 Å². The number of sulfonamides is 1. The minimum Gasteiger partial charge on any atom is -0.357 e. The van der Waals surface area contributed by atoms with Crippen molar-refractivity contribution in [3.63, 3.8) is 0 Å². The van der Waals surface area contributed by atoms with E-state index >= 15 is 0 Å². The molecule has 3 rings (SSSR count). The van der Waals surface area contributed by atoms with Crippen molar-refractivity contribution in [2.75, 3.05) is 54.6 Å². The molecule has 176 valence electrons. The summed E-state index contributed by atoms with van der Waals surface area (Å²) in [5.41, 5.74) is 0.676. The smallest absolute Gasteiger partial charge is 0.234 e. The van der Waals surface area contributed by atoms with Crippen LogP contribution in [0.25, 0.3) is 0 Å². The molecule has 0 radical (unpaired) electrons. The highest BCUT2D eigenvalue weighted by molar-refractivity contribution is 14.0. The zero-order valence-electron chi connectivity index (χ0n) is 18.3. The van der Waals surface area contributed by atoms with Crippen LogP contribution in [0.5, 0.6) is 0 Å². The molecule has 1 aliphatic heterocycles. The van der Waals surface area contributed by atoms with Crippen molar-refractivity contribution < 1.29 is 12.8 Å². The maximum Gasteiger partial charge on any atom is 0.234 e. The highest BCUT2D eigenvalue weighted by atomic mass is 127. The average Bonchev–Trinajstić information content (AvgIpc) is 2.76. The molecule has 2 heterocycles. The van der Waals surface area contributed by atoms with Crippen LogP contribution in [-0.2, 0) is 10.0 Å². The van der Waals surface area contributed by atoms with E-state index < -0.39 is 15.8 Å². The molecule has 0 aliphatic carbocycles. The standard InChI is InChI=1S/C21H29FN6O2S.HI/c1-3-23-21(28-13-11-27(12-14-28)20-6-4-5-9-24-20)25-10-15-31(29,30)26-18-8-7-17(2)19(22)16-18;/h4-9,16,26H,3,10-15H2,1-2H3,(H,23,25);1H. The molecule has 1 aromatic carbocycles. The molecular weight excluding hydrogens is 546 g/mol. The van der Waals surface area contributed by atoms with Crippen LogP contribution in [0.4, 0.5) is 15.9 Å². The molecule has 0 unspecified atom stereocenters. The lowest BCUT2D eigenvalue weighted by molar-refractivity contribution is 0.372. The van der Waals surface area contributed by atoms with Crippen molar-refractivity contribution in [2.45, 2.75) is 13.8 Å². The second kappa shape index (κ2) is 12.2. The molecule has 2 N–H and O–H groups in total. The summed E-state index contributed by atoms with van der Waals surface area (Å²) in [5.74, 6) is 1.01. The highest BCUT2D eigenvalue weighted by Crippen LogP contribution is 2.15. The monoisotopic (exact) mass is 576 g/mol. The summed E-state index contributed by atoms with van der Waals surface area (Å²) >= 11 is 0. The molecule has 0 saturated carbocycles. The van der Waals surface area contributed by atoms with Crippen LogP contribution in [-0.4, -0.2) is 69.3 Å². The van der Waals surface area contributed by atoms with Gasteiger partial charge < -0.3 is 15.1 Å². The van der Waals surface area contributed by atoms with Crippen LogP contribution >= 0.6 is 24.0 Å². The van der Waals surface area contributed by atoms with E-state index in [0.717, 1.165) is 32.0 Å². The fourth-order valence-corrected chi connectivity index (χ4v) is 4.19. The Bertz CT molecular complexity index is 999. The normalized spacial score (nSPS) is 14.7. The number of aromatic nitrogens is 1. The molecule has 1 aliphatic rings. The number of nitrogens with zero attached hydrogens (tertiary/aromatic N) is 4. The molecular formula is C21H30FIN6O2S. The number of nitrogens with one attached hydrogen (secondary N) is 2. The molecule has 0 amide bonds. The van der Waals surface area contributed by atoms with Crippen molar-refractivity contribution in [1.82, 2.24) is 15.2 Å². The number of hydrogen-bond acceptors (Lipinski definition) is 5. The van der Waals surface area contributed by atoms with E-state index in [4.69, 9.17) is 0 Å². The number of rotatable bonds is 7. The zero-order chi connectivity index (χ0) is 22.3. The predicted octanol–water partition coefficient (Wildman–Crippen LogP) is 2.68. The fourth-order valence-electron chi connectivity index (χ4n) is 3.27. The molecule has 32 heavy (non-hydrogen) atoms. The predicted molar refractivity (Wildman–Crippen MR) is 138 cm³/mol. The number of guanidine groups is 1. The SMILES string of the molecule is CCNC(=NCCS(=O)(=O)Nc1ccc(C)c(F)c1)N1CCN(c2ccccn2)CC1.I. The number of pyridine rings is 1. The summed E-state index contributed by atoms with van der Waals surface area (Å²) < 4.78 is 40.8. The number of benzene rings is 1. The second-order valence-corrected chi connectivity index (χ2v) is 9.12. The Morgan fingerprint density at radius 1 is 1.19 bits per heavy atom. The third-order valence-corrected chi connectivity index (χ3v) is 6.22. The van der Waals surface area contributed by atoms with Gasteiger partial charge in [0.15, 0.2) is 5.96 Å². The van der Waals surface area contributed by atoms with Gasteiger partial charge in [0.2, 0.25) is 10.0 Å². The minimum atomic E-state index is -3.64. The number of anilines is 2. The lowest BCUT2D eigenvalue weighted by Gasteiger charge is -2.37. The van der Waals surface area contributed by atoms with Gasteiger partial charge in [0, 0.05) is 38.9 Å². The van der Waals surface area contributed by atoms with Crippen LogP contribution in [0.3, 0.4) is 0 Å². The van der Waals surface area contributed by atoms with Crippen LogP contribution in [0.2, 0.25) is 0 Å². The first-order valence-electron chi connectivity index (χ1n) is 10.3. The number of halogens is 2. The zero-order valence-corrected chi connectivity index (χ0v) is 21.4. The van der Waals surface area contributed by atoms with Gasteiger partial charge in [0.05, 0.1) is 18.0 Å². The van der Waals surface area contributed by atoms with E-state index in [1.54, 1.807) is 25.3 Å². The molecule has 0 bridgehead atoms. The van der Waals surface area contributed by atoms with E-state index in [2.05, 4.69) is 29.8 Å². The third-order valence-electron chi connectivity index (χ3n) is 4.95. The van der Waals surface area contributed by atoms with E-state index in [9.17, 15) is 12.8 Å². The maximum absolute atomic E-state index is 13.7. The number of piperazine rings is 1. The topological polar surface area (TPSA) is 89.9 Å². The van der Waals surface area contributed by atoms with Gasteiger partial charge in [-0.25, -0.2) is 17.8 Å². The fraction of sp³-hybridized carbons (Fsp3) is 0.429. The van der Waals surface area contributed by atoms with E-state index in [1.807, 2.05) is 25.1 Å². The van der Waals surface area contributed by atoms with Crippen LogP contribution in [0.15, 0.2) is 47.6 Å². The molecule has 8 nitrogen and oxygen atoms in total. The van der Waals surface area contributed by atoms with Gasteiger partial charge in [-0.2, -0.15) is 0 Å². The molecule has 1 saturated heterocycles. The second-order valence-electron chi connectivity index (χ2n) is 7.28. The van der Waals surface area contributed by atoms with E-state index in [-0.39, 0.29) is 42.0 Å². The quantitative estimate of drug-likeness (QED) is 0.300. The summed E-state index contributed by atoms with van der Waals surface area (Å²) in [6.07, 6.45) is 1.78. The molecule has 1 aromatic heterocycles. The highest BCUT2D eigenvalue weighted by Gasteiger charge is 2.20. The van der Waals surface area contributed by atoms with Gasteiger partial charge in [-0.1, -0.05) is 12.1 Å². The maximum atomic E-state index is 13.7. The van der Waals surface area contributed by atoms with Crippen molar-refractivity contribution in [3.05, 3.63) is 54.0 Å². The average molecular weight is 576 g/mol. The van der Waals surface area contributed by atoms with E-state index in [0.29, 0.717) is 18.1 Å². The lowest BCUT2D eigenvalue weighted by Crippen LogP contribution is -2.52. The van der Waals surface area contributed by atoms with Crippen molar-refractivity contribution in [2.24, 2.45) is 4.99 Å². The number of hydrogen-bond donors (Lipinski definition) is 2. The first kappa shape index (κ1) is 26.1. The van der Waals surface area contributed by atoms with Gasteiger partial charge >= 0.3 is 0 Å². The Balaban J connectivity index is 0.00000363. The number of aryl methyl sites for hydroxylation is 1. The summed E-state index contributed by atoms with van der Waals surface area (Å²) in [5, 5.41) is 3.23. The molecule has 1 fully saturated rings. The van der Waals surface area contributed by atoms with E-state index in [1.165, 1.54) is 6.07 Å². The summed E-state index contributed by atoms with van der Waals surface area (Å²) in [6.45, 7) is 7.52. The van der Waals surface area contributed by atoms with Crippen LogP contribution in [0, 0.1) is 12.7 Å². The largest absolute Gasteiger partial charge is 0.357 e. The van der Waals surface area contributed by atoms with Gasteiger partial charge in [0.25, 0.3) is 0 Å². The Labute approximate surface area is 206 Å². The first-order valence-corrected chi connectivity index (χ1v) is 12.0. The Kier molecular flexibility index (Phi) is 9.94. The Hall–Kier alpha value is -2.15. The molecule has 0 spiro atoms. The van der Waals surface area contributed by atoms with Gasteiger partial charge in [-0.3, -0.25) is 9.71 Å². The first-order chi connectivity index (χ1) is 14.9. The third kappa shape index (κ3) is 7.47. The molecule has 0 atom stereocenters. The summed E-state index contributed by atoms with van der Waals surface area (Å²) in [6, 6.07) is 10.1. The molecule has 11 heteroatoms.